The van der Waals surface area contributed by atoms with Crippen LogP contribution in [0.5, 0.6) is 0 Å². The van der Waals surface area contributed by atoms with Crippen molar-refractivity contribution in [2.45, 2.75) is 45.6 Å². The first-order valence-corrected chi connectivity index (χ1v) is 6.60. The van der Waals surface area contributed by atoms with Gasteiger partial charge in [0.2, 0.25) is 0 Å². The fourth-order valence-electron chi connectivity index (χ4n) is 2.08. The van der Waals surface area contributed by atoms with Gasteiger partial charge in [-0.25, -0.2) is 8.78 Å². The zero-order chi connectivity index (χ0) is 14.4. The lowest BCUT2D eigenvalue weighted by molar-refractivity contribution is -0.118. The molecule has 0 aliphatic carbocycles. The normalized spacial score (nSPS) is 14.2. The summed E-state index contributed by atoms with van der Waals surface area (Å²) in [4.78, 5) is 11.0. The third kappa shape index (κ3) is 5.47. The summed E-state index contributed by atoms with van der Waals surface area (Å²) in [6, 6.07) is 3.26. The van der Waals surface area contributed by atoms with Crippen LogP contribution in [0.4, 0.5) is 8.78 Å². The summed E-state index contributed by atoms with van der Waals surface area (Å²) >= 11 is 0. The lowest BCUT2D eigenvalue weighted by Gasteiger charge is -2.15. The van der Waals surface area contributed by atoms with Crippen molar-refractivity contribution in [3.63, 3.8) is 0 Å². The molecule has 0 heterocycles. The quantitative estimate of drug-likeness (QED) is 0.825. The largest absolute Gasteiger partial charge is 0.322 e. The Morgan fingerprint density at radius 3 is 2.63 bits per heavy atom. The smallest absolute Gasteiger partial charge is 0.146 e. The maximum absolute atomic E-state index is 13.4. The summed E-state index contributed by atoms with van der Waals surface area (Å²) < 4.78 is 26.1. The van der Waals surface area contributed by atoms with Gasteiger partial charge in [-0.05, 0) is 43.7 Å². The molecular formula is C15H21F2NO. The van der Waals surface area contributed by atoms with E-state index in [0.717, 1.165) is 18.9 Å². The summed E-state index contributed by atoms with van der Waals surface area (Å²) in [6.45, 7) is 3.52. The summed E-state index contributed by atoms with van der Waals surface area (Å²) in [7, 11) is 0. The lowest BCUT2D eigenvalue weighted by Crippen LogP contribution is -2.30. The number of ketones is 1. The van der Waals surface area contributed by atoms with Gasteiger partial charge in [-0.1, -0.05) is 19.4 Å². The Hall–Kier alpha value is -1.29. The van der Waals surface area contributed by atoms with Crippen LogP contribution < -0.4 is 5.73 Å². The van der Waals surface area contributed by atoms with Crippen LogP contribution >= 0.6 is 0 Å². The molecule has 1 aromatic rings. The highest BCUT2D eigenvalue weighted by molar-refractivity contribution is 5.81. The molecule has 0 aromatic heterocycles. The number of nitrogens with two attached hydrogens (primary N) is 1. The van der Waals surface area contributed by atoms with Gasteiger partial charge >= 0.3 is 0 Å². The number of hydrogen-bond donors (Lipinski definition) is 1. The molecule has 0 unspecified atom stereocenters. The fraction of sp³-hybridized carbons (Fsp3) is 0.533. The highest BCUT2D eigenvalue weighted by Crippen LogP contribution is 2.17. The van der Waals surface area contributed by atoms with Gasteiger partial charge in [0.15, 0.2) is 0 Å². The third-order valence-electron chi connectivity index (χ3n) is 3.34. The first-order valence-electron chi connectivity index (χ1n) is 6.60. The van der Waals surface area contributed by atoms with Crippen LogP contribution in [0.15, 0.2) is 18.2 Å². The van der Waals surface area contributed by atoms with E-state index in [-0.39, 0.29) is 5.78 Å². The molecule has 2 nitrogen and oxygen atoms in total. The van der Waals surface area contributed by atoms with E-state index < -0.39 is 17.7 Å². The van der Waals surface area contributed by atoms with Crippen LogP contribution in [-0.4, -0.2) is 11.8 Å². The Labute approximate surface area is 113 Å². The molecule has 0 saturated carbocycles. The Balaban J connectivity index is 2.35. The molecule has 0 amide bonds. The molecule has 2 atom stereocenters. The molecule has 106 valence electrons. The van der Waals surface area contributed by atoms with Crippen LogP contribution in [0.1, 0.15) is 38.7 Å². The molecule has 2 N–H and O–H groups in total. The van der Waals surface area contributed by atoms with E-state index in [1.165, 1.54) is 19.1 Å². The molecule has 0 saturated heterocycles. The Morgan fingerprint density at radius 2 is 2.05 bits per heavy atom. The minimum absolute atomic E-state index is 0.00331. The van der Waals surface area contributed by atoms with Crippen LogP contribution in [0.2, 0.25) is 0 Å². The highest BCUT2D eigenvalue weighted by Gasteiger charge is 2.13. The van der Waals surface area contributed by atoms with Crippen molar-refractivity contribution >= 4 is 5.78 Å². The van der Waals surface area contributed by atoms with Gasteiger partial charge in [-0.15, -0.1) is 0 Å². The van der Waals surface area contributed by atoms with E-state index in [0.29, 0.717) is 24.3 Å². The van der Waals surface area contributed by atoms with E-state index in [2.05, 4.69) is 0 Å². The summed E-state index contributed by atoms with van der Waals surface area (Å²) in [5.74, 6) is -0.728. The van der Waals surface area contributed by atoms with Crippen LogP contribution in [0.25, 0.3) is 0 Å². The molecule has 0 aliphatic rings. The summed E-state index contributed by atoms with van der Waals surface area (Å²) in [6.07, 6.45) is 2.90. The molecular weight excluding hydrogens is 248 g/mol. The minimum Gasteiger partial charge on any atom is -0.322 e. The fourth-order valence-corrected chi connectivity index (χ4v) is 2.08. The van der Waals surface area contributed by atoms with E-state index in [1.807, 2.05) is 6.92 Å². The lowest BCUT2D eigenvalue weighted by atomic mass is 9.94. The van der Waals surface area contributed by atoms with E-state index >= 15 is 0 Å². The minimum atomic E-state index is -0.554. The van der Waals surface area contributed by atoms with Gasteiger partial charge in [0, 0.05) is 6.07 Å². The van der Waals surface area contributed by atoms with Gasteiger partial charge < -0.3 is 5.73 Å². The number of hydrogen-bond acceptors (Lipinski definition) is 2. The molecule has 0 radical (unpaired) electrons. The molecule has 0 fully saturated rings. The molecule has 1 rings (SSSR count). The SMILES string of the molecule is CC(=O)[C@@H](N)C[C@@H](C)CCCc1ccc(F)cc1F. The van der Waals surface area contributed by atoms with Gasteiger partial charge in [0.05, 0.1) is 6.04 Å². The van der Waals surface area contributed by atoms with Crippen molar-refractivity contribution in [1.29, 1.82) is 0 Å². The van der Waals surface area contributed by atoms with Gasteiger partial charge in [0.25, 0.3) is 0 Å². The maximum atomic E-state index is 13.4. The van der Waals surface area contributed by atoms with Gasteiger partial charge in [-0.2, -0.15) is 0 Å². The number of rotatable bonds is 7. The second-order valence-corrected chi connectivity index (χ2v) is 5.19. The zero-order valence-corrected chi connectivity index (χ0v) is 11.5. The molecule has 4 heteroatoms. The topological polar surface area (TPSA) is 43.1 Å². The van der Waals surface area contributed by atoms with Crippen LogP contribution in [0, 0.1) is 17.6 Å². The van der Waals surface area contributed by atoms with Crippen molar-refractivity contribution in [3.05, 3.63) is 35.4 Å². The maximum Gasteiger partial charge on any atom is 0.146 e. The van der Waals surface area contributed by atoms with Crippen molar-refractivity contribution in [2.24, 2.45) is 11.7 Å². The average molecular weight is 269 g/mol. The van der Waals surface area contributed by atoms with Crippen LogP contribution in [-0.2, 0) is 11.2 Å². The standard InChI is InChI=1S/C15H21F2NO/c1-10(8-15(18)11(2)19)4-3-5-12-6-7-13(16)9-14(12)17/h6-7,9-10,15H,3-5,8,18H2,1-2H3/t10-,15-/m0/s1. The number of benzene rings is 1. The van der Waals surface area contributed by atoms with Crippen molar-refractivity contribution in [2.75, 3.05) is 0 Å². The number of carbonyl (C=O) groups excluding carboxylic acids is 1. The number of aryl methyl sites for hydroxylation is 1. The monoisotopic (exact) mass is 269 g/mol. The van der Waals surface area contributed by atoms with Gasteiger partial charge in [0.1, 0.15) is 17.4 Å². The summed E-state index contributed by atoms with van der Waals surface area (Å²) in [5, 5.41) is 0. The van der Waals surface area contributed by atoms with E-state index in [9.17, 15) is 13.6 Å². The Morgan fingerprint density at radius 1 is 1.37 bits per heavy atom. The average Bonchev–Trinajstić information content (AvgIpc) is 2.31. The Kier molecular flexibility index (Phi) is 6.09. The number of Topliss-reactive ketones (excluding diaryl/α,β-unsaturated/α-hetero) is 1. The number of halogens is 2. The predicted molar refractivity (Wildman–Crippen MR) is 71.7 cm³/mol. The first kappa shape index (κ1) is 15.8. The first-order chi connectivity index (χ1) is 8.90. The highest BCUT2D eigenvalue weighted by atomic mass is 19.1. The second-order valence-electron chi connectivity index (χ2n) is 5.19. The van der Waals surface area contributed by atoms with E-state index in [1.54, 1.807) is 0 Å². The van der Waals surface area contributed by atoms with Gasteiger partial charge in [-0.3, -0.25) is 4.79 Å². The zero-order valence-electron chi connectivity index (χ0n) is 11.5. The van der Waals surface area contributed by atoms with Crippen molar-refractivity contribution in [1.82, 2.24) is 0 Å². The Bertz CT molecular complexity index is 434. The number of carbonyl (C=O) groups is 1. The van der Waals surface area contributed by atoms with E-state index in [4.69, 9.17) is 5.73 Å². The van der Waals surface area contributed by atoms with Crippen molar-refractivity contribution < 1.29 is 13.6 Å². The second kappa shape index (κ2) is 7.34. The third-order valence-corrected chi connectivity index (χ3v) is 3.34. The molecule has 19 heavy (non-hydrogen) atoms. The molecule has 0 spiro atoms. The van der Waals surface area contributed by atoms with Crippen molar-refractivity contribution in [3.8, 4) is 0 Å². The predicted octanol–water partition coefficient (Wildman–Crippen LogP) is 3.23. The molecule has 0 aliphatic heterocycles. The summed E-state index contributed by atoms with van der Waals surface area (Å²) in [5.41, 5.74) is 6.22. The molecule has 0 bridgehead atoms. The van der Waals surface area contributed by atoms with Crippen LogP contribution in [0.3, 0.4) is 0 Å². The molecule has 1 aromatic carbocycles.